The van der Waals surface area contributed by atoms with Crippen LogP contribution in [0.15, 0.2) is 72.3 Å². The standard InChI is InChI=1S/C24H18ClFN2O4/c1-31-22-13-16(4-11-21(22)32-14-15-2-5-17(25)6-3-15)12-20-23(29)27-28(24(20)30)19-9-7-18(26)8-10-19/h2-13H,14H2,1H3,(H,27,29)/b20-12+. The van der Waals surface area contributed by atoms with Crippen LogP contribution in [0.1, 0.15) is 11.1 Å². The van der Waals surface area contributed by atoms with Crippen LogP contribution in [0.4, 0.5) is 10.1 Å². The molecule has 1 N–H and O–H groups in total. The van der Waals surface area contributed by atoms with E-state index >= 15 is 0 Å². The van der Waals surface area contributed by atoms with Gasteiger partial charge in [0.05, 0.1) is 12.8 Å². The van der Waals surface area contributed by atoms with E-state index in [9.17, 15) is 14.0 Å². The molecule has 0 atom stereocenters. The van der Waals surface area contributed by atoms with Gasteiger partial charge >= 0.3 is 0 Å². The SMILES string of the molecule is COc1cc(/C=C2\C(=O)NN(c3ccc(F)cc3)C2=O)ccc1OCc1ccc(Cl)cc1. The Morgan fingerprint density at radius 1 is 1.00 bits per heavy atom. The molecule has 8 heteroatoms. The zero-order valence-electron chi connectivity index (χ0n) is 17.0. The van der Waals surface area contributed by atoms with Crippen LogP contribution in [0.3, 0.4) is 0 Å². The molecule has 0 aliphatic carbocycles. The van der Waals surface area contributed by atoms with Crippen molar-refractivity contribution < 1.29 is 23.5 Å². The second-order valence-electron chi connectivity index (χ2n) is 6.94. The molecule has 0 unspecified atom stereocenters. The van der Waals surface area contributed by atoms with Gasteiger partial charge in [-0.25, -0.2) is 9.40 Å². The number of hydrazine groups is 1. The number of methoxy groups -OCH3 is 1. The van der Waals surface area contributed by atoms with Gasteiger partial charge in [0.25, 0.3) is 11.8 Å². The highest BCUT2D eigenvalue weighted by molar-refractivity contribution is 6.31. The second-order valence-corrected chi connectivity index (χ2v) is 7.38. The number of benzene rings is 3. The van der Waals surface area contributed by atoms with Crippen molar-refractivity contribution in [2.75, 3.05) is 12.1 Å². The molecule has 0 radical (unpaired) electrons. The number of rotatable bonds is 6. The molecule has 1 aliphatic heterocycles. The van der Waals surface area contributed by atoms with Crippen molar-refractivity contribution in [2.24, 2.45) is 0 Å². The molecule has 0 saturated carbocycles. The van der Waals surface area contributed by atoms with Crippen molar-refractivity contribution in [1.29, 1.82) is 0 Å². The molecular formula is C24H18ClFN2O4. The van der Waals surface area contributed by atoms with E-state index in [1.165, 1.54) is 37.5 Å². The molecule has 1 aliphatic rings. The summed E-state index contributed by atoms with van der Waals surface area (Å²) in [4.78, 5) is 25.1. The fourth-order valence-corrected chi connectivity index (χ4v) is 3.26. The van der Waals surface area contributed by atoms with Crippen molar-refractivity contribution in [3.63, 3.8) is 0 Å². The van der Waals surface area contributed by atoms with E-state index in [4.69, 9.17) is 21.1 Å². The van der Waals surface area contributed by atoms with Crippen LogP contribution in [0.25, 0.3) is 6.08 Å². The van der Waals surface area contributed by atoms with E-state index in [1.807, 2.05) is 12.1 Å². The number of anilines is 1. The van der Waals surface area contributed by atoms with Crippen LogP contribution < -0.4 is 19.9 Å². The van der Waals surface area contributed by atoms with Crippen molar-refractivity contribution in [3.05, 3.63) is 94.3 Å². The molecule has 0 bridgehead atoms. The number of carbonyl (C=O) groups is 2. The Hall–Kier alpha value is -3.84. The van der Waals surface area contributed by atoms with Crippen LogP contribution in [-0.2, 0) is 16.2 Å². The number of hydrogen-bond donors (Lipinski definition) is 1. The van der Waals surface area contributed by atoms with Crippen molar-refractivity contribution >= 4 is 35.2 Å². The Morgan fingerprint density at radius 2 is 1.72 bits per heavy atom. The average Bonchev–Trinajstić information content (AvgIpc) is 3.08. The first kappa shape index (κ1) is 21.4. The minimum absolute atomic E-state index is 0.0498. The zero-order chi connectivity index (χ0) is 22.7. The Kier molecular flexibility index (Phi) is 6.09. The topological polar surface area (TPSA) is 67.9 Å². The van der Waals surface area contributed by atoms with E-state index in [-0.39, 0.29) is 5.57 Å². The molecule has 1 fully saturated rings. The van der Waals surface area contributed by atoms with Crippen LogP contribution in [-0.4, -0.2) is 18.9 Å². The van der Waals surface area contributed by atoms with Crippen molar-refractivity contribution in [1.82, 2.24) is 5.43 Å². The normalized spacial score (nSPS) is 14.6. The van der Waals surface area contributed by atoms with Gasteiger partial charge in [-0.15, -0.1) is 0 Å². The summed E-state index contributed by atoms with van der Waals surface area (Å²) in [6.07, 6.45) is 1.46. The number of amides is 2. The van der Waals surface area contributed by atoms with Gasteiger partial charge in [0, 0.05) is 5.02 Å². The first-order valence-corrected chi connectivity index (χ1v) is 10.0. The first-order chi connectivity index (χ1) is 15.4. The predicted octanol–water partition coefficient (Wildman–Crippen LogP) is 4.53. The quantitative estimate of drug-likeness (QED) is 0.441. The maximum absolute atomic E-state index is 13.2. The Morgan fingerprint density at radius 3 is 2.41 bits per heavy atom. The lowest BCUT2D eigenvalue weighted by atomic mass is 10.1. The molecule has 6 nitrogen and oxygen atoms in total. The summed E-state index contributed by atoms with van der Waals surface area (Å²) in [5.74, 6) is -0.563. The monoisotopic (exact) mass is 452 g/mol. The number of halogens is 2. The van der Waals surface area contributed by atoms with Gasteiger partial charge in [-0.2, -0.15) is 0 Å². The minimum atomic E-state index is -0.554. The van der Waals surface area contributed by atoms with Gasteiger partial charge in [-0.05, 0) is 65.7 Å². The molecule has 0 aromatic heterocycles. The molecule has 3 aromatic carbocycles. The molecule has 32 heavy (non-hydrogen) atoms. The summed E-state index contributed by atoms with van der Waals surface area (Å²) in [7, 11) is 1.51. The number of carbonyl (C=O) groups excluding carboxylic acids is 2. The highest BCUT2D eigenvalue weighted by Gasteiger charge is 2.34. The molecule has 2 amide bonds. The smallest absolute Gasteiger partial charge is 0.282 e. The highest BCUT2D eigenvalue weighted by atomic mass is 35.5. The maximum atomic E-state index is 13.2. The highest BCUT2D eigenvalue weighted by Crippen LogP contribution is 2.30. The number of ether oxygens (including phenoxy) is 2. The van der Waals surface area contributed by atoms with Crippen molar-refractivity contribution in [2.45, 2.75) is 6.61 Å². The molecule has 4 rings (SSSR count). The largest absolute Gasteiger partial charge is 0.493 e. The summed E-state index contributed by atoms with van der Waals surface area (Å²) in [6, 6.07) is 17.6. The molecular weight excluding hydrogens is 435 g/mol. The molecule has 0 spiro atoms. The molecule has 1 heterocycles. The Bertz CT molecular complexity index is 1190. The van der Waals surface area contributed by atoms with Crippen LogP contribution >= 0.6 is 11.6 Å². The maximum Gasteiger partial charge on any atom is 0.282 e. The molecule has 1 saturated heterocycles. The first-order valence-electron chi connectivity index (χ1n) is 9.62. The lowest BCUT2D eigenvalue weighted by molar-refractivity contribution is -0.117. The van der Waals surface area contributed by atoms with Gasteiger partial charge in [0.2, 0.25) is 0 Å². The zero-order valence-corrected chi connectivity index (χ0v) is 17.7. The Labute approximate surface area is 188 Å². The van der Waals surface area contributed by atoms with E-state index in [1.54, 1.807) is 30.3 Å². The van der Waals surface area contributed by atoms with Gasteiger partial charge in [0.1, 0.15) is 18.0 Å². The summed E-state index contributed by atoms with van der Waals surface area (Å²) < 4.78 is 24.4. The number of nitrogens with zero attached hydrogens (tertiary/aromatic N) is 1. The fourth-order valence-electron chi connectivity index (χ4n) is 3.13. The van der Waals surface area contributed by atoms with Crippen LogP contribution in [0, 0.1) is 5.82 Å². The third-order valence-corrected chi connectivity index (χ3v) is 5.03. The van der Waals surface area contributed by atoms with Gasteiger partial charge < -0.3 is 9.47 Å². The van der Waals surface area contributed by atoms with E-state index in [2.05, 4.69) is 5.43 Å². The van der Waals surface area contributed by atoms with E-state index in [0.29, 0.717) is 34.4 Å². The van der Waals surface area contributed by atoms with Crippen LogP contribution in [0.5, 0.6) is 11.5 Å². The number of nitrogens with one attached hydrogen (secondary N) is 1. The minimum Gasteiger partial charge on any atom is -0.493 e. The summed E-state index contributed by atoms with van der Waals surface area (Å²) in [5.41, 5.74) is 4.31. The third-order valence-electron chi connectivity index (χ3n) is 4.78. The summed E-state index contributed by atoms with van der Waals surface area (Å²) >= 11 is 5.90. The van der Waals surface area contributed by atoms with Crippen LogP contribution in [0.2, 0.25) is 5.02 Å². The van der Waals surface area contributed by atoms with E-state index < -0.39 is 17.6 Å². The fraction of sp³-hybridized carbons (Fsp3) is 0.0833. The van der Waals surface area contributed by atoms with Gasteiger partial charge in [0.15, 0.2) is 11.5 Å². The number of hydrogen-bond acceptors (Lipinski definition) is 4. The summed E-state index contributed by atoms with van der Waals surface area (Å²) in [6.45, 7) is 0.321. The Balaban J connectivity index is 1.53. The lowest BCUT2D eigenvalue weighted by Gasteiger charge is -2.14. The average molecular weight is 453 g/mol. The molecule has 3 aromatic rings. The van der Waals surface area contributed by atoms with Crippen molar-refractivity contribution in [3.8, 4) is 11.5 Å². The second kappa shape index (κ2) is 9.11. The van der Waals surface area contributed by atoms with Gasteiger partial charge in [-0.1, -0.05) is 29.8 Å². The van der Waals surface area contributed by atoms with E-state index in [0.717, 1.165) is 10.6 Å². The summed E-state index contributed by atoms with van der Waals surface area (Å²) in [5, 5.41) is 1.72. The third kappa shape index (κ3) is 4.58. The lowest BCUT2D eigenvalue weighted by Crippen LogP contribution is -2.35. The molecule has 162 valence electrons. The predicted molar refractivity (Wildman–Crippen MR) is 119 cm³/mol. The van der Waals surface area contributed by atoms with Gasteiger partial charge in [-0.3, -0.25) is 15.0 Å².